The predicted octanol–water partition coefficient (Wildman–Crippen LogP) is 7.29. The van der Waals surface area contributed by atoms with Crippen molar-refractivity contribution in [2.24, 2.45) is 0 Å². The molecule has 0 aromatic heterocycles. The summed E-state index contributed by atoms with van der Waals surface area (Å²) in [6.45, 7) is 12.0. The molecule has 0 aliphatic carbocycles. The molecule has 9 heteroatoms. The molecule has 270 valence electrons. The van der Waals surface area contributed by atoms with E-state index in [1.54, 1.807) is 0 Å². The van der Waals surface area contributed by atoms with E-state index in [4.69, 9.17) is 42.6 Å². The zero-order valence-corrected chi connectivity index (χ0v) is 29.3. The highest BCUT2D eigenvalue weighted by Crippen LogP contribution is 2.12. The van der Waals surface area contributed by atoms with Crippen LogP contribution >= 0.6 is 0 Å². The van der Waals surface area contributed by atoms with Crippen LogP contribution in [0.2, 0.25) is 0 Å². The smallest absolute Gasteiger partial charge is 0.119 e. The molecule has 0 unspecified atom stereocenters. The van der Waals surface area contributed by atoms with Crippen molar-refractivity contribution in [3.63, 3.8) is 0 Å². The van der Waals surface area contributed by atoms with Crippen molar-refractivity contribution in [2.45, 2.75) is 90.4 Å². The minimum absolute atomic E-state index is 0.525. The molecule has 1 rings (SSSR count). The number of unbranched alkanes of at least 4 members (excludes halogenated alkanes) is 12. The van der Waals surface area contributed by atoms with E-state index in [-0.39, 0.29) is 0 Å². The standard InChI is InChI=1S/C37H68O9/c1-2-3-4-5-6-7-8-9-10-11-12-13-17-20-38-21-22-39-23-24-40-25-26-41-27-28-42-29-30-43-31-32-44-33-34-45-35-36-46-37-18-15-14-16-19-37/h14-16,18-19H,2-13,17,20-36H2,1H3. The Labute approximate surface area is 281 Å². The van der Waals surface area contributed by atoms with E-state index in [0.29, 0.717) is 106 Å². The van der Waals surface area contributed by atoms with E-state index < -0.39 is 0 Å². The summed E-state index contributed by atoms with van der Waals surface area (Å²) >= 11 is 0. The summed E-state index contributed by atoms with van der Waals surface area (Å²) in [5.74, 6) is 0.852. The van der Waals surface area contributed by atoms with Gasteiger partial charge in [0.25, 0.3) is 0 Å². The monoisotopic (exact) mass is 656 g/mol. The van der Waals surface area contributed by atoms with Gasteiger partial charge in [0, 0.05) is 6.61 Å². The third kappa shape index (κ3) is 34.0. The van der Waals surface area contributed by atoms with Crippen molar-refractivity contribution >= 4 is 0 Å². The fourth-order valence-electron chi connectivity index (χ4n) is 4.60. The van der Waals surface area contributed by atoms with Gasteiger partial charge in [-0.25, -0.2) is 0 Å². The molecule has 0 spiro atoms. The molecule has 1 aromatic rings. The van der Waals surface area contributed by atoms with Crippen LogP contribution in [-0.4, -0.2) is 112 Å². The zero-order valence-electron chi connectivity index (χ0n) is 29.3. The number of hydrogen-bond donors (Lipinski definition) is 0. The average Bonchev–Trinajstić information content (AvgIpc) is 3.08. The topological polar surface area (TPSA) is 83.1 Å². The molecule has 0 N–H and O–H groups in total. The number of rotatable bonds is 39. The summed E-state index contributed by atoms with van der Waals surface area (Å²) in [5, 5.41) is 0. The van der Waals surface area contributed by atoms with Crippen LogP contribution in [0.25, 0.3) is 0 Å². The molecule has 9 nitrogen and oxygen atoms in total. The minimum atomic E-state index is 0.525. The van der Waals surface area contributed by atoms with Gasteiger partial charge in [-0.1, -0.05) is 102 Å². The zero-order chi connectivity index (χ0) is 32.7. The van der Waals surface area contributed by atoms with Crippen LogP contribution < -0.4 is 4.74 Å². The Morgan fingerprint density at radius 1 is 0.304 bits per heavy atom. The third-order valence-corrected chi connectivity index (χ3v) is 7.24. The van der Waals surface area contributed by atoms with E-state index >= 15 is 0 Å². The fourth-order valence-corrected chi connectivity index (χ4v) is 4.60. The summed E-state index contributed by atoms with van der Waals surface area (Å²) in [6.07, 6.45) is 17.8. The first kappa shape index (κ1) is 42.7. The lowest BCUT2D eigenvalue weighted by Crippen LogP contribution is -2.15. The summed E-state index contributed by atoms with van der Waals surface area (Å²) in [7, 11) is 0. The number of hydrogen-bond acceptors (Lipinski definition) is 9. The number of para-hydroxylation sites is 1. The molecule has 46 heavy (non-hydrogen) atoms. The van der Waals surface area contributed by atoms with Gasteiger partial charge >= 0.3 is 0 Å². The van der Waals surface area contributed by atoms with Gasteiger partial charge in [-0.15, -0.1) is 0 Å². The molecular formula is C37H68O9. The van der Waals surface area contributed by atoms with Gasteiger partial charge in [0.05, 0.1) is 99.1 Å². The molecule has 0 saturated carbocycles. The minimum Gasteiger partial charge on any atom is -0.491 e. The molecule has 0 saturated heterocycles. The number of benzene rings is 1. The highest BCUT2D eigenvalue weighted by atomic mass is 16.6. The van der Waals surface area contributed by atoms with Crippen molar-refractivity contribution < 1.29 is 42.6 Å². The van der Waals surface area contributed by atoms with Crippen molar-refractivity contribution in [3.8, 4) is 5.75 Å². The van der Waals surface area contributed by atoms with E-state index in [1.165, 1.54) is 77.0 Å². The highest BCUT2D eigenvalue weighted by molar-refractivity contribution is 5.20. The number of ether oxygens (including phenoxy) is 9. The Morgan fingerprint density at radius 3 is 0.935 bits per heavy atom. The van der Waals surface area contributed by atoms with Crippen LogP contribution in [0.1, 0.15) is 90.4 Å². The van der Waals surface area contributed by atoms with Gasteiger partial charge in [0.1, 0.15) is 12.4 Å². The van der Waals surface area contributed by atoms with Gasteiger partial charge < -0.3 is 42.6 Å². The largest absolute Gasteiger partial charge is 0.491 e. The molecule has 0 radical (unpaired) electrons. The summed E-state index contributed by atoms with van der Waals surface area (Å²) < 4.78 is 49.8. The van der Waals surface area contributed by atoms with E-state index in [1.807, 2.05) is 30.3 Å². The first-order valence-electron chi connectivity index (χ1n) is 18.2. The van der Waals surface area contributed by atoms with Crippen molar-refractivity contribution in [1.29, 1.82) is 0 Å². The van der Waals surface area contributed by atoms with Gasteiger partial charge in [0.15, 0.2) is 0 Å². The van der Waals surface area contributed by atoms with Crippen molar-refractivity contribution in [1.82, 2.24) is 0 Å². The highest BCUT2D eigenvalue weighted by Gasteiger charge is 1.97. The second kappa shape index (κ2) is 38.2. The molecule has 0 aliphatic rings. The van der Waals surface area contributed by atoms with Crippen LogP contribution in [0.15, 0.2) is 30.3 Å². The molecule has 0 fully saturated rings. The van der Waals surface area contributed by atoms with Crippen LogP contribution in [0.3, 0.4) is 0 Å². The maximum absolute atomic E-state index is 5.67. The maximum atomic E-state index is 5.67. The molecule has 1 aromatic carbocycles. The molecule has 0 atom stereocenters. The summed E-state index contributed by atoms with van der Waals surface area (Å²) in [4.78, 5) is 0. The van der Waals surface area contributed by atoms with Gasteiger partial charge in [-0.05, 0) is 18.6 Å². The summed E-state index contributed by atoms with van der Waals surface area (Å²) in [5.41, 5.74) is 0. The van der Waals surface area contributed by atoms with Crippen LogP contribution in [0, 0.1) is 0 Å². The van der Waals surface area contributed by atoms with Gasteiger partial charge in [-0.3, -0.25) is 0 Å². The van der Waals surface area contributed by atoms with Crippen LogP contribution in [0.4, 0.5) is 0 Å². The fraction of sp³-hybridized carbons (Fsp3) is 0.838. The van der Waals surface area contributed by atoms with E-state index in [9.17, 15) is 0 Å². The van der Waals surface area contributed by atoms with E-state index in [2.05, 4.69) is 6.92 Å². The van der Waals surface area contributed by atoms with Crippen LogP contribution in [0.5, 0.6) is 5.75 Å². The average molecular weight is 657 g/mol. The van der Waals surface area contributed by atoms with Gasteiger partial charge in [0.2, 0.25) is 0 Å². The Morgan fingerprint density at radius 2 is 0.587 bits per heavy atom. The first-order chi connectivity index (χ1) is 22.9. The molecule has 0 heterocycles. The molecule has 0 amide bonds. The normalized spacial score (nSPS) is 11.4. The lowest BCUT2D eigenvalue weighted by molar-refractivity contribution is -0.0236. The molecule has 0 aliphatic heterocycles. The quantitative estimate of drug-likeness (QED) is 0.0679. The second-order valence-electron chi connectivity index (χ2n) is 11.3. The summed E-state index contributed by atoms with van der Waals surface area (Å²) in [6, 6.07) is 9.71. The van der Waals surface area contributed by atoms with Crippen LogP contribution in [-0.2, 0) is 37.9 Å². The van der Waals surface area contributed by atoms with Gasteiger partial charge in [-0.2, -0.15) is 0 Å². The Bertz CT molecular complexity index is 680. The Balaban J connectivity index is 1.61. The lowest BCUT2D eigenvalue weighted by atomic mass is 10.0. The van der Waals surface area contributed by atoms with Crippen molar-refractivity contribution in [2.75, 3.05) is 112 Å². The second-order valence-corrected chi connectivity index (χ2v) is 11.3. The molecule has 0 bridgehead atoms. The van der Waals surface area contributed by atoms with Crippen molar-refractivity contribution in [3.05, 3.63) is 30.3 Å². The third-order valence-electron chi connectivity index (χ3n) is 7.24. The Hall–Kier alpha value is -1.30. The Kier molecular flexibility index (Phi) is 35.4. The first-order valence-corrected chi connectivity index (χ1v) is 18.2. The SMILES string of the molecule is CCCCCCCCCCCCCCCOCCOCCOCCOCCOCCOCCOCCOCCOc1ccccc1. The predicted molar refractivity (Wildman–Crippen MR) is 184 cm³/mol. The maximum Gasteiger partial charge on any atom is 0.119 e. The molecular weight excluding hydrogens is 588 g/mol. The lowest BCUT2D eigenvalue weighted by Gasteiger charge is -2.09. The van der Waals surface area contributed by atoms with E-state index in [0.717, 1.165) is 18.8 Å².